The van der Waals surface area contributed by atoms with Gasteiger partial charge in [-0.1, -0.05) is 31.0 Å². The van der Waals surface area contributed by atoms with Gasteiger partial charge in [0.1, 0.15) is 11.9 Å². The standard InChI is InChI=1S/C15H21NO/c1-11(8-12-6-7-12)16-10-14-9-13-4-2-3-5-15(13)17-14/h2-5,11-12,14,16H,6-10H2,1H3. The molecule has 1 aromatic rings. The number of ether oxygens (including phenoxy) is 1. The Morgan fingerprint density at radius 2 is 2.18 bits per heavy atom. The van der Waals surface area contributed by atoms with E-state index in [0.29, 0.717) is 12.1 Å². The molecule has 1 aromatic carbocycles. The highest BCUT2D eigenvalue weighted by Gasteiger charge is 2.25. The van der Waals surface area contributed by atoms with Crippen LogP contribution in [-0.2, 0) is 6.42 Å². The molecule has 92 valence electrons. The minimum Gasteiger partial charge on any atom is -0.488 e. The summed E-state index contributed by atoms with van der Waals surface area (Å²) >= 11 is 0. The fraction of sp³-hybridized carbons (Fsp3) is 0.600. The average molecular weight is 231 g/mol. The smallest absolute Gasteiger partial charge is 0.123 e. The fourth-order valence-corrected chi connectivity index (χ4v) is 2.64. The molecular weight excluding hydrogens is 210 g/mol. The lowest BCUT2D eigenvalue weighted by molar-refractivity contribution is 0.220. The van der Waals surface area contributed by atoms with Gasteiger partial charge in [-0.05, 0) is 30.9 Å². The second-order valence-corrected chi connectivity index (χ2v) is 5.54. The van der Waals surface area contributed by atoms with Gasteiger partial charge in [0, 0.05) is 19.0 Å². The molecule has 2 nitrogen and oxygen atoms in total. The molecule has 0 bridgehead atoms. The van der Waals surface area contributed by atoms with Crippen molar-refractivity contribution in [3.8, 4) is 5.75 Å². The first-order valence-electron chi connectivity index (χ1n) is 6.79. The highest BCUT2D eigenvalue weighted by molar-refractivity contribution is 5.37. The molecule has 2 atom stereocenters. The number of hydrogen-bond donors (Lipinski definition) is 1. The van der Waals surface area contributed by atoms with Crippen molar-refractivity contribution in [1.29, 1.82) is 0 Å². The number of fused-ring (bicyclic) bond motifs is 1. The summed E-state index contributed by atoms with van der Waals surface area (Å²) in [5.41, 5.74) is 1.36. The predicted molar refractivity (Wildman–Crippen MR) is 69.4 cm³/mol. The fourth-order valence-electron chi connectivity index (χ4n) is 2.64. The van der Waals surface area contributed by atoms with E-state index >= 15 is 0 Å². The summed E-state index contributed by atoms with van der Waals surface area (Å²) in [6.45, 7) is 3.27. The number of rotatable bonds is 5. The molecule has 0 radical (unpaired) electrons. The molecule has 1 fully saturated rings. The van der Waals surface area contributed by atoms with Crippen LogP contribution in [0.4, 0.5) is 0 Å². The van der Waals surface area contributed by atoms with Crippen LogP contribution in [0.5, 0.6) is 5.75 Å². The molecule has 0 aromatic heterocycles. The molecule has 2 aliphatic rings. The molecule has 1 heterocycles. The van der Waals surface area contributed by atoms with E-state index in [1.54, 1.807) is 0 Å². The molecule has 1 saturated carbocycles. The van der Waals surface area contributed by atoms with Crippen LogP contribution >= 0.6 is 0 Å². The molecule has 1 N–H and O–H groups in total. The maximum atomic E-state index is 5.92. The summed E-state index contributed by atoms with van der Waals surface area (Å²) in [4.78, 5) is 0. The molecule has 1 aliphatic heterocycles. The van der Waals surface area contributed by atoms with Crippen molar-refractivity contribution >= 4 is 0 Å². The number of para-hydroxylation sites is 1. The van der Waals surface area contributed by atoms with Gasteiger partial charge in [-0.15, -0.1) is 0 Å². The van der Waals surface area contributed by atoms with E-state index in [9.17, 15) is 0 Å². The Hall–Kier alpha value is -1.02. The minimum atomic E-state index is 0.328. The van der Waals surface area contributed by atoms with E-state index < -0.39 is 0 Å². The van der Waals surface area contributed by atoms with Gasteiger partial charge in [-0.2, -0.15) is 0 Å². The van der Waals surface area contributed by atoms with Crippen molar-refractivity contribution in [3.63, 3.8) is 0 Å². The van der Waals surface area contributed by atoms with Crippen molar-refractivity contribution < 1.29 is 4.74 Å². The summed E-state index contributed by atoms with van der Waals surface area (Å²) < 4.78 is 5.92. The second-order valence-electron chi connectivity index (χ2n) is 5.54. The van der Waals surface area contributed by atoms with Gasteiger partial charge in [-0.3, -0.25) is 0 Å². The van der Waals surface area contributed by atoms with Gasteiger partial charge < -0.3 is 10.1 Å². The maximum absolute atomic E-state index is 5.92. The zero-order valence-electron chi connectivity index (χ0n) is 10.5. The first kappa shape index (κ1) is 11.1. The molecule has 17 heavy (non-hydrogen) atoms. The summed E-state index contributed by atoms with van der Waals surface area (Å²) in [6, 6.07) is 9.01. The zero-order valence-corrected chi connectivity index (χ0v) is 10.5. The van der Waals surface area contributed by atoms with Crippen molar-refractivity contribution in [2.24, 2.45) is 5.92 Å². The van der Waals surface area contributed by atoms with Crippen LogP contribution in [0.3, 0.4) is 0 Å². The first-order valence-corrected chi connectivity index (χ1v) is 6.79. The third-order valence-corrected chi connectivity index (χ3v) is 3.79. The molecule has 0 saturated heterocycles. The molecule has 0 spiro atoms. The SMILES string of the molecule is CC(CC1CC1)NCC1Cc2ccccc2O1. The van der Waals surface area contributed by atoms with Crippen LogP contribution in [0, 0.1) is 5.92 Å². The van der Waals surface area contributed by atoms with Crippen LogP contribution in [0.15, 0.2) is 24.3 Å². The molecule has 0 amide bonds. The van der Waals surface area contributed by atoms with Crippen LogP contribution in [0.25, 0.3) is 0 Å². The lowest BCUT2D eigenvalue weighted by Crippen LogP contribution is -2.36. The Bertz CT molecular complexity index is 361. The Labute approximate surface area is 103 Å². The Morgan fingerprint density at radius 3 is 2.94 bits per heavy atom. The largest absolute Gasteiger partial charge is 0.488 e. The van der Waals surface area contributed by atoms with Gasteiger partial charge in [0.15, 0.2) is 0 Å². The molecule has 2 heteroatoms. The van der Waals surface area contributed by atoms with Crippen LogP contribution in [0.2, 0.25) is 0 Å². The second kappa shape index (κ2) is 4.69. The van der Waals surface area contributed by atoms with Gasteiger partial charge in [0.2, 0.25) is 0 Å². The van der Waals surface area contributed by atoms with E-state index in [1.165, 1.54) is 24.8 Å². The average Bonchev–Trinajstić information content (AvgIpc) is 3.03. The van der Waals surface area contributed by atoms with Crippen molar-refractivity contribution in [1.82, 2.24) is 5.32 Å². The summed E-state index contributed by atoms with van der Waals surface area (Å²) in [5.74, 6) is 2.08. The van der Waals surface area contributed by atoms with E-state index in [0.717, 1.165) is 24.6 Å². The van der Waals surface area contributed by atoms with Crippen LogP contribution < -0.4 is 10.1 Å². The van der Waals surface area contributed by atoms with E-state index in [1.807, 2.05) is 6.07 Å². The normalized spacial score (nSPS) is 24.2. The first-order chi connectivity index (χ1) is 8.31. The summed E-state index contributed by atoms with van der Waals surface area (Å²) in [6.07, 6.45) is 5.60. The highest BCUT2D eigenvalue weighted by Crippen LogP contribution is 2.33. The Kier molecular flexibility index (Phi) is 3.06. The van der Waals surface area contributed by atoms with Crippen molar-refractivity contribution in [2.75, 3.05) is 6.54 Å². The molecule has 1 aliphatic carbocycles. The van der Waals surface area contributed by atoms with Crippen molar-refractivity contribution in [2.45, 2.75) is 44.8 Å². The third kappa shape index (κ3) is 2.81. The van der Waals surface area contributed by atoms with Gasteiger partial charge >= 0.3 is 0 Å². The number of hydrogen-bond acceptors (Lipinski definition) is 2. The van der Waals surface area contributed by atoms with E-state index in [2.05, 4.69) is 30.4 Å². The quantitative estimate of drug-likeness (QED) is 0.841. The van der Waals surface area contributed by atoms with Gasteiger partial charge in [0.05, 0.1) is 0 Å². The number of benzene rings is 1. The Morgan fingerprint density at radius 1 is 1.35 bits per heavy atom. The van der Waals surface area contributed by atoms with Crippen LogP contribution in [-0.4, -0.2) is 18.7 Å². The Balaban J connectivity index is 1.45. The topological polar surface area (TPSA) is 21.3 Å². The summed E-state index contributed by atoms with van der Waals surface area (Å²) in [7, 11) is 0. The molecule has 2 unspecified atom stereocenters. The molecular formula is C15H21NO. The van der Waals surface area contributed by atoms with E-state index in [-0.39, 0.29) is 0 Å². The maximum Gasteiger partial charge on any atom is 0.123 e. The monoisotopic (exact) mass is 231 g/mol. The highest BCUT2D eigenvalue weighted by atomic mass is 16.5. The lowest BCUT2D eigenvalue weighted by atomic mass is 10.1. The third-order valence-electron chi connectivity index (χ3n) is 3.79. The predicted octanol–water partition coefficient (Wildman–Crippen LogP) is 2.77. The van der Waals surface area contributed by atoms with Crippen LogP contribution in [0.1, 0.15) is 31.7 Å². The number of nitrogens with one attached hydrogen (secondary N) is 1. The minimum absolute atomic E-state index is 0.328. The lowest BCUT2D eigenvalue weighted by Gasteiger charge is -2.17. The van der Waals surface area contributed by atoms with Gasteiger partial charge in [0.25, 0.3) is 0 Å². The summed E-state index contributed by atoms with van der Waals surface area (Å²) in [5, 5.41) is 3.61. The zero-order chi connectivity index (χ0) is 11.7. The van der Waals surface area contributed by atoms with Gasteiger partial charge in [-0.25, -0.2) is 0 Å². The molecule has 3 rings (SSSR count). The van der Waals surface area contributed by atoms with Crippen molar-refractivity contribution in [3.05, 3.63) is 29.8 Å². The van der Waals surface area contributed by atoms with E-state index in [4.69, 9.17) is 4.74 Å².